The number of benzene rings is 3. The molecule has 0 N–H and O–H groups in total. The predicted octanol–water partition coefficient (Wildman–Crippen LogP) is 5.72. The summed E-state index contributed by atoms with van der Waals surface area (Å²) in [7, 11) is -2.42. The number of methoxy groups -OCH3 is 1. The molecule has 7 nitrogen and oxygen atoms in total. The van der Waals surface area contributed by atoms with Crippen LogP contribution in [0.15, 0.2) is 91.5 Å². The minimum Gasteiger partial charge on any atom is -0.493 e. The van der Waals surface area contributed by atoms with Crippen molar-refractivity contribution in [3.63, 3.8) is 0 Å². The molecule has 0 bridgehead atoms. The number of likely N-dealkylation sites (N-methyl/N-ethyl adjacent to an activating group) is 1. The maximum Gasteiger partial charge on any atom is 0.284 e. The Kier molecular flexibility index (Phi) is 8.17. The van der Waals surface area contributed by atoms with Crippen LogP contribution in [-0.2, 0) is 21.4 Å². The van der Waals surface area contributed by atoms with Gasteiger partial charge in [0.2, 0.25) is 0 Å². The number of hydrogen-bond acceptors (Lipinski definition) is 6. The fourth-order valence-corrected chi connectivity index (χ4v) is 5.91. The van der Waals surface area contributed by atoms with Crippen molar-refractivity contribution < 1.29 is 22.7 Å². The highest BCUT2D eigenvalue weighted by atomic mass is 79.9. The fourth-order valence-electron chi connectivity index (χ4n) is 3.40. The Morgan fingerprint density at radius 1 is 1.03 bits per heavy atom. The van der Waals surface area contributed by atoms with Gasteiger partial charge in [-0.15, -0.1) is 4.40 Å². The standard InChI is InChI=1S/C26H23BrN2O5S2/c1-3-29-25(30)24(35-26(29)28-36(31,32)21-12-10-20(27)11-13-21)16-19-9-14-22(33-2)23(15-19)34-17-18-7-5-4-6-8-18/h4-16H,3,17H2,1-2H3/b24-16-,28-26+. The third kappa shape index (κ3) is 6.00. The van der Waals surface area contributed by atoms with Crippen molar-refractivity contribution in [1.29, 1.82) is 0 Å². The quantitative estimate of drug-likeness (QED) is 0.314. The molecule has 0 aliphatic carbocycles. The molecule has 1 amide bonds. The molecule has 0 atom stereocenters. The molecule has 1 heterocycles. The highest BCUT2D eigenvalue weighted by Crippen LogP contribution is 2.35. The summed E-state index contributed by atoms with van der Waals surface area (Å²) >= 11 is 4.32. The second-order valence-corrected chi connectivity index (χ2v) is 11.2. The molecule has 1 aliphatic rings. The van der Waals surface area contributed by atoms with E-state index in [0.29, 0.717) is 28.6 Å². The van der Waals surface area contributed by atoms with Crippen LogP contribution in [0, 0.1) is 0 Å². The van der Waals surface area contributed by atoms with Crippen molar-refractivity contribution in [3.05, 3.63) is 93.3 Å². The largest absolute Gasteiger partial charge is 0.493 e. The van der Waals surface area contributed by atoms with Crippen LogP contribution in [0.3, 0.4) is 0 Å². The van der Waals surface area contributed by atoms with E-state index in [2.05, 4.69) is 20.3 Å². The van der Waals surface area contributed by atoms with E-state index in [0.717, 1.165) is 21.8 Å². The summed E-state index contributed by atoms with van der Waals surface area (Å²) in [6.45, 7) is 2.41. The van der Waals surface area contributed by atoms with Crippen LogP contribution in [0.2, 0.25) is 0 Å². The molecule has 0 spiro atoms. The van der Waals surface area contributed by atoms with Crippen LogP contribution in [0.5, 0.6) is 11.5 Å². The maximum absolute atomic E-state index is 13.0. The fraction of sp³-hybridized carbons (Fsp3) is 0.154. The topological polar surface area (TPSA) is 85.3 Å². The minimum atomic E-state index is -3.98. The molecule has 1 aliphatic heterocycles. The first kappa shape index (κ1) is 26.0. The molecule has 0 saturated carbocycles. The lowest BCUT2D eigenvalue weighted by Crippen LogP contribution is -2.29. The number of carbonyl (C=O) groups is 1. The number of amidine groups is 1. The lowest BCUT2D eigenvalue weighted by atomic mass is 10.1. The van der Waals surface area contributed by atoms with Crippen molar-refractivity contribution in [2.75, 3.05) is 13.7 Å². The number of carbonyl (C=O) groups excluding carboxylic acids is 1. The monoisotopic (exact) mass is 586 g/mol. The van der Waals surface area contributed by atoms with E-state index in [4.69, 9.17) is 9.47 Å². The molecule has 3 aromatic carbocycles. The number of ether oxygens (including phenoxy) is 2. The Balaban J connectivity index is 1.61. The zero-order valence-electron chi connectivity index (χ0n) is 19.5. The molecule has 4 rings (SSSR count). The average molecular weight is 588 g/mol. The smallest absolute Gasteiger partial charge is 0.284 e. The van der Waals surface area contributed by atoms with Crippen LogP contribution >= 0.6 is 27.7 Å². The third-order valence-electron chi connectivity index (χ3n) is 5.24. The molecule has 1 fully saturated rings. The van der Waals surface area contributed by atoms with Gasteiger partial charge in [-0.2, -0.15) is 8.42 Å². The summed E-state index contributed by atoms with van der Waals surface area (Å²) in [5, 5.41) is 0.116. The first-order valence-corrected chi connectivity index (χ1v) is 14.0. The number of sulfonamides is 1. The van der Waals surface area contributed by atoms with Gasteiger partial charge in [-0.3, -0.25) is 9.69 Å². The Morgan fingerprint density at radius 2 is 1.75 bits per heavy atom. The first-order valence-electron chi connectivity index (χ1n) is 11.0. The maximum atomic E-state index is 13.0. The molecule has 186 valence electrons. The lowest BCUT2D eigenvalue weighted by Gasteiger charge is -2.12. The van der Waals surface area contributed by atoms with Gasteiger partial charge in [0.1, 0.15) is 6.61 Å². The summed E-state index contributed by atoms with van der Waals surface area (Å²) in [5.41, 5.74) is 1.72. The Hall–Kier alpha value is -3.08. The van der Waals surface area contributed by atoms with E-state index in [1.807, 2.05) is 30.3 Å². The lowest BCUT2D eigenvalue weighted by molar-refractivity contribution is -0.122. The highest BCUT2D eigenvalue weighted by molar-refractivity contribution is 9.10. The first-order chi connectivity index (χ1) is 17.3. The molecule has 1 saturated heterocycles. The number of amides is 1. The van der Waals surface area contributed by atoms with Crippen LogP contribution in [0.4, 0.5) is 0 Å². The normalized spacial score (nSPS) is 16.1. The SMILES string of the molecule is CCN1C(=O)/C(=C/c2ccc(OC)c(OCc3ccccc3)c2)S/C1=N/S(=O)(=O)c1ccc(Br)cc1. The number of halogens is 1. The number of hydrogen-bond donors (Lipinski definition) is 0. The van der Waals surface area contributed by atoms with Gasteiger partial charge in [0.25, 0.3) is 15.9 Å². The Labute approximate surface area is 223 Å². The molecule has 10 heteroatoms. The minimum absolute atomic E-state index is 0.0510. The van der Waals surface area contributed by atoms with Crippen molar-refractivity contribution in [2.24, 2.45) is 4.40 Å². The van der Waals surface area contributed by atoms with E-state index >= 15 is 0 Å². The molecule has 3 aromatic rings. The third-order valence-corrected chi connectivity index (χ3v) is 8.17. The van der Waals surface area contributed by atoms with E-state index in [9.17, 15) is 13.2 Å². The molecule has 0 aromatic heterocycles. The molecule has 36 heavy (non-hydrogen) atoms. The van der Waals surface area contributed by atoms with E-state index < -0.39 is 10.0 Å². The predicted molar refractivity (Wildman–Crippen MR) is 145 cm³/mol. The molecular formula is C26H23BrN2O5S2. The average Bonchev–Trinajstić information content (AvgIpc) is 3.16. The van der Waals surface area contributed by atoms with Gasteiger partial charge in [0.05, 0.1) is 16.9 Å². The second kappa shape index (κ2) is 11.3. The van der Waals surface area contributed by atoms with Gasteiger partial charge in [-0.05, 0) is 72.3 Å². The summed E-state index contributed by atoms with van der Waals surface area (Å²) in [4.78, 5) is 14.8. The van der Waals surface area contributed by atoms with Crippen molar-refractivity contribution in [1.82, 2.24) is 4.90 Å². The van der Waals surface area contributed by atoms with Gasteiger partial charge < -0.3 is 9.47 Å². The summed E-state index contributed by atoms with van der Waals surface area (Å²) < 4.78 is 41.8. The van der Waals surface area contributed by atoms with Gasteiger partial charge in [0.15, 0.2) is 16.7 Å². The van der Waals surface area contributed by atoms with E-state index in [-0.39, 0.29) is 22.5 Å². The highest BCUT2D eigenvalue weighted by Gasteiger charge is 2.34. The van der Waals surface area contributed by atoms with Crippen LogP contribution < -0.4 is 9.47 Å². The van der Waals surface area contributed by atoms with E-state index in [1.165, 1.54) is 17.0 Å². The summed E-state index contributed by atoms with van der Waals surface area (Å²) in [6, 6.07) is 21.3. The van der Waals surface area contributed by atoms with Gasteiger partial charge >= 0.3 is 0 Å². The van der Waals surface area contributed by atoms with Crippen LogP contribution in [0.1, 0.15) is 18.1 Å². The Morgan fingerprint density at radius 3 is 2.42 bits per heavy atom. The zero-order valence-corrected chi connectivity index (χ0v) is 22.8. The second-order valence-electron chi connectivity index (χ2n) is 7.65. The molecular weight excluding hydrogens is 564 g/mol. The van der Waals surface area contributed by atoms with Crippen LogP contribution in [-0.4, -0.2) is 38.0 Å². The zero-order chi connectivity index (χ0) is 25.7. The van der Waals surface area contributed by atoms with Crippen LogP contribution in [0.25, 0.3) is 6.08 Å². The summed E-state index contributed by atoms with van der Waals surface area (Å²) in [5.74, 6) is 0.788. The Bertz CT molecular complexity index is 1420. The van der Waals surface area contributed by atoms with Crippen molar-refractivity contribution in [3.8, 4) is 11.5 Å². The number of thioether (sulfide) groups is 1. The summed E-state index contributed by atoms with van der Waals surface area (Å²) in [6.07, 6.45) is 1.69. The van der Waals surface area contributed by atoms with Gasteiger partial charge in [-0.1, -0.05) is 52.3 Å². The number of rotatable bonds is 8. The van der Waals surface area contributed by atoms with Gasteiger partial charge in [0, 0.05) is 11.0 Å². The van der Waals surface area contributed by atoms with Gasteiger partial charge in [-0.25, -0.2) is 0 Å². The number of nitrogens with zero attached hydrogens (tertiary/aromatic N) is 2. The van der Waals surface area contributed by atoms with E-state index in [1.54, 1.807) is 50.4 Å². The molecule has 0 unspecified atom stereocenters. The van der Waals surface area contributed by atoms with Crippen molar-refractivity contribution in [2.45, 2.75) is 18.4 Å². The molecule has 0 radical (unpaired) electrons. The van der Waals surface area contributed by atoms with Crippen molar-refractivity contribution >= 4 is 54.9 Å².